The van der Waals surface area contributed by atoms with E-state index >= 15 is 0 Å². The molecule has 2 N–H and O–H groups in total. The Morgan fingerprint density at radius 3 is 3.00 bits per heavy atom. The number of aryl methyl sites for hydroxylation is 1. The molecule has 1 atom stereocenters. The van der Waals surface area contributed by atoms with Crippen molar-refractivity contribution in [3.63, 3.8) is 0 Å². The zero-order chi connectivity index (χ0) is 13.2. The molecule has 2 aromatic rings. The van der Waals surface area contributed by atoms with Gasteiger partial charge in [0.15, 0.2) is 0 Å². The number of phenols is 1. The van der Waals surface area contributed by atoms with Crippen molar-refractivity contribution >= 4 is 10.9 Å². The first-order valence-electron chi connectivity index (χ1n) is 7.05. The van der Waals surface area contributed by atoms with E-state index in [0.29, 0.717) is 5.92 Å². The standard InChI is InChI=1S/C16H20N2O/c1-11-15(12-3-2-7-17-8-6-12)9-13-4-5-14(19)10-16(13)18-11/h4-5,9-10,12,17,19H,2-3,6-8H2,1H3. The van der Waals surface area contributed by atoms with Gasteiger partial charge in [-0.2, -0.15) is 0 Å². The number of aromatic nitrogens is 1. The van der Waals surface area contributed by atoms with E-state index in [9.17, 15) is 5.11 Å². The SMILES string of the molecule is Cc1nc2cc(O)ccc2cc1C1CCCNCC1. The molecule has 1 unspecified atom stereocenters. The quantitative estimate of drug-likeness (QED) is 0.824. The van der Waals surface area contributed by atoms with Crippen LogP contribution in [0.4, 0.5) is 0 Å². The van der Waals surface area contributed by atoms with Crippen LogP contribution in [0.15, 0.2) is 24.3 Å². The Morgan fingerprint density at radius 1 is 1.21 bits per heavy atom. The van der Waals surface area contributed by atoms with Gasteiger partial charge < -0.3 is 10.4 Å². The monoisotopic (exact) mass is 256 g/mol. The molecule has 0 saturated carbocycles. The van der Waals surface area contributed by atoms with Crippen LogP contribution in [0.5, 0.6) is 5.75 Å². The molecule has 1 aromatic heterocycles. The van der Waals surface area contributed by atoms with Gasteiger partial charge in [-0.3, -0.25) is 4.98 Å². The molecule has 2 heterocycles. The maximum atomic E-state index is 9.53. The number of hydrogen-bond acceptors (Lipinski definition) is 3. The van der Waals surface area contributed by atoms with Crippen LogP contribution in [0, 0.1) is 6.92 Å². The second-order valence-corrected chi connectivity index (χ2v) is 5.42. The molecule has 1 saturated heterocycles. The van der Waals surface area contributed by atoms with Crippen molar-refractivity contribution in [2.24, 2.45) is 0 Å². The number of benzene rings is 1. The summed E-state index contributed by atoms with van der Waals surface area (Å²) in [5.41, 5.74) is 3.36. The summed E-state index contributed by atoms with van der Waals surface area (Å²) < 4.78 is 0. The van der Waals surface area contributed by atoms with Gasteiger partial charge in [-0.15, -0.1) is 0 Å². The van der Waals surface area contributed by atoms with Gasteiger partial charge in [0.1, 0.15) is 5.75 Å². The molecule has 19 heavy (non-hydrogen) atoms. The number of phenolic OH excluding ortho intramolecular Hbond substituents is 1. The Kier molecular flexibility index (Phi) is 3.38. The molecular weight excluding hydrogens is 236 g/mol. The fourth-order valence-electron chi connectivity index (χ4n) is 3.01. The molecule has 3 heteroatoms. The van der Waals surface area contributed by atoms with E-state index in [-0.39, 0.29) is 5.75 Å². The highest BCUT2D eigenvalue weighted by Gasteiger charge is 2.17. The van der Waals surface area contributed by atoms with Crippen LogP contribution in [0.3, 0.4) is 0 Å². The van der Waals surface area contributed by atoms with E-state index in [1.165, 1.54) is 24.8 Å². The lowest BCUT2D eigenvalue weighted by atomic mass is 9.90. The lowest BCUT2D eigenvalue weighted by Crippen LogP contribution is -2.14. The maximum absolute atomic E-state index is 9.53. The van der Waals surface area contributed by atoms with Crippen LogP contribution in [-0.4, -0.2) is 23.2 Å². The summed E-state index contributed by atoms with van der Waals surface area (Å²) in [4.78, 5) is 4.66. The van der Waals surface area contributed by atoms with Gasteiger partial charge in [0.25, 0.3) is 0 Å². The Labute approximate surface area is 113 Å². The van der Waals surface area contributed by atoms with Crippen molar-refractivity contribution in [1.82, 2.24) is 10.3 Å². The molecule has 100 valence electrons. The normalized spacial score (nSPS) is 20.4. The summed E-state index contributed by atoms with van der Waals surface area (Å²) in [6.45, 7) is 4.30. The van der Waals surface area contributed by atoms with Gasteiger partial charge in [-0.05, 0) is 69.0 Å². The predicted molar refractivity (Wildman–Crippen MR) is 77.6 cm³/mol. The van der Waals surface area contributed by atoms with Gasteiger partial charge in [0.05, 0.1) is 5.52 Å². The summed E-state index contributed by atoms with van der Waals surface area (Å²) in [6, 6.07) is 7.68. The maximum Gasteiger partial charge on any atom is 0.117 e. The highest BCUT2D eigenvalue weighted by atomic mass is 16.3. The number of nitrogens with one attached hydrogen (secondary N) is 1. The molecule has 1 fully saturated rings. The van der Waals surface area contributed by atoms with Crippen LogP contribution >= 0.6 is 0 Å². The number of aromatic hydroxyl groups is 1. The fourth-order valence-corrected chi connectivity index (χ4v) is 3.01. The zero-order valence-corrected chi connectivity index (χ0v) is 11.3. The average molecular weight is 256 g/mol. The highest BCUT2D eigenvalue weighted by Crippen LogP contribution is 2.31. The predicted octanol–water partition coefficient (Wildman–Crippen LogP) is 3.11. The summed E-state index contributed by atoms with van der Waals surface area (Å²) in [5, 5.41) is 14.1. The van der Waals surface area contributed by atoms with Crippen molar-refractivity contribution in [2.45, 2.75) is 32.1 Å². The third kappa shape index (κ3) is 2.56. The van der Waals surface area contributed by atoms with Crippen LogP contribution in [0.1, 0.15) is 36.4 Å². The second-order valence-electron chi connectivity index (χ2n) is 5.42. The lowest BCUT2D eigenvalue weighted by molar-refractivity contribution is 0.476. The molecule has 0 aliphatic carbocycles. The highest BCUT2D eigenvalue weighted by molar-refractivity contribution is 5.81. The number of fused-ring (bicyclic) bond motifs is 1. The topological polar surface area (TPSA) is 45.2 Å². The Morgan fingerprint density at radius 2 is 2.11 bits per heavy atom. The minimum Gasteiger partial charge on any atom is -0.508 e. The molecule has 3 rings (SSSR count). The van der Waals surface area contributed by atoms with Gasteiger partial charge in [-0.1, -0.05) is 0 Å². The van der Waals surface area contributed by atoms with Crippen molar-refractivity contribution < 1.29 is 5.11 Å². The molecule has 0 spiro atoms. The van der Waals surface area contributed by atoms with Crippen LogP contribution in [-0.2, 0) is 0 Å². The number of pyridine rings is 1. The lowest BCUT2D eigenvalue weighted by Gasteiger charge is -2.17. The van der Waals surface area contributed by atoms with Crippen molar-refractivity contribution in [3.05, 3.63) is 35.5 Å². The first kappa shape index (κ1) is 12.4. The van der Waals surface area contributed by atoms with Crippen LogP contribution < -0.4 is 5.32 Å². The third-order valence-electron chi connectivity index (χ3n) is 4.05. The second kappa shape index (κ2) is 5.17. The summed E-state index contributed by atoms with van der Waals surface area (Å²) >= 11 is 0. The van der Waals surface area contributed by atoms with Gasteiger partial charge in [0, 0.05) is 17.1 Å². The van der Waals surface area contributed by atoms with Crippen molar-refractivity contribution in [3.8, 4) is 5.75 Å². The third-order valence-corrected chi connectivity index (χ3v) is 4.05. The van der Waals surface area contributed by atoms with E-state index in [0.717, 1.165) is 29.7 Å². The number of rotatable bonds is 1. The molecule has 1 aromatic carbocycles. The Bertz CT molecular complexity index is 587. The average Bonchev–Trinajstić information content (AvgIpc) is 2.66. The summed E-state index contributed by atoms with van der Waals surface area (Å²) in [6.07, 6.45) is 3.66. The van der Waals surface area contributed by atoms with Gasteiger partial charge in [0.2, 0.25) is 0 Å². The first-order valence-corrected chi connectivity index (χ1v) is 7.05. The fraction of sp³-hybridized carbons (Fsp3) is 0.438. The largest absolute Gasteiger partial charge is 0.508 e. The minimum absolute atomic E-state index is 0.283. The van der Waals surface area contributed by atoms with E-state index in [1.54, 1.807) is 12.1 Å². The molecular formula is C16H20N2O. The van der Waals surface area contributed by atoms with Crippen LogP contribution in [0.25, 0.3) is 10.9 Å². The van der Waals surface area contributed by atoms with Crippen molar-refractivity contribution in [2.75, 3.05) is 13.1 Å². The molecule has 1 aliphatic rings. The van der Waals surface area contributed by atoms with E-state index in [2.05, 4.69) is 23.3 Å². The van der Waals surface area contributed by atoms with Gasteiger partial charge in [-0.25, -0.2) is 0 Å². The Hall–Kier alpha value is -1.61. The summed E-state index contributed by atoms with van der Waals surface area (Å²) in [7, 11) is 0. The van der Waals surface area contributed by atoms with E-state index < -0.39 is 0 Å². The molecule has 0 radical (unpaired) electrons. The zero-order valence-electron chi connectivity index (χ0n) is 11.3. The van der Waals surface area contributed by atoms with Gasteiger partial charge >= 0.3 is 0 Å². The minimum atomic E-state index is 0.283. The number of hydrogen-bond donors (Lipinski definition) is 2. The van der Waals surface area contributed by atoms with E-state index in [4.69, 9.17) is 0 Å². The first-order chi connectivity index (χ1) is 9.24. The Balaban J connectivity index is 2.02. The molecule has 0 amide bonds. The summed E-state index contributed by atoms with van der Waals surface area (Å²) in [5.74, 6) is 0.895. The number of nitrogens with zero attached hydrogens (tertiary/aromatic N) is 1. The smallest absolute Gasteiger partial charge is 0.117 e. The molecule has 1 aliphatic heterocycles. The van der Waals surface area contributed by atoms with Crippen molar-refractivity contribution in [1.29, 1.82) is 0 Å². The molecule has 3 nitrogen and oxygen atoms in total. The van der Waals surface area contributed by atoms with E-state index in [1.807, 2.05) is 6.07 Å². The molecule has 0 bridgehead atoms. The van der Waals surface area contributed by atoms with Crippen LogP contribution in [0.2, 0.25) is 0 Å².